The molecule has 5 rings (SSSR count). The van der Waals surface area contributed by atoms with Gasteiger partial charge < -0.3 is 4.74 Å². The first-order chi connectivity index (χ1) is 10.8. The fourth-order valence-electron chi connectivity index (χ4n) is 5.15. The number of carbonyl (C=O) groups excluding carboxylic acids is 1. The monoisotopic (exact) mass is 299 g/mol. The van der Waals surface area contributed by atoms with Crippen molar-refractivity contribution in [3.8, 4) is 5.75 Å². The summed E-state index contributed by atoms with van der Waals surface area (Å²) in [5.74, 6) is 1.78. The summed E-state index contributed by atoms with van der Waals surface area (Å²) in [4.78, 5) is 15.1. The van der Waals surface area contributed by atoms with Crippen molar-refractivity contribution in [1.29, 1.82) is 0 Å². The fourth-order valence-corrected chi connectivity index (χ4v) is 5.15. The number of rotatable bonds is 1. The minimum absolute atomic E-state index is 0.161. The normalized spacial score (nSPS) is 35.7. The van der Waals surface area contributed by atoms with E-state index in [0.717, 1.165) is 37.4 Å². The second-order valence-electron chi connectivity index (χ2n) is 6.93. The maximum absolute atomic E-state index is 12.6. The summed E-state index contributed by atoms with van der Waals surface area (Å²) < 4.78 is 5.41. The van der Waals surface area contributed by atoms with Crippen molar-refractivity contribution in [2.75, 3.05) is 25.2 Å². The van der Waals surface area contributed by atoms with E-state index in [9.17, 15) is 4.79 Å². The van der Waals surface area contributed by atoms with Crippen LogP contribution in [0.25, 0.3) is 0 Å². The molecule has 1 aromatic carbocycles. The van der Waals surface area contributed by atoms with Gasteiger partial charge in [-0.05, 0) is 56.1 Å². The van der Waals surface area contributed by atoms with Gasteiger partial charge in [-0.1, -0.05) is 0 Å². The van der Waals surface area contributed by atoms with Crippen molar-refractivity contribution >= 4 is 11.6 Å². The Kier molecular flexibility index (Phi) is 2.54. The summed E-state index contributed by atoms with van der Waals surface area (Å²) in [6.45, 7) is 2.26. The minimum Gasteiger partial charge on any atom is -0.497 e. The Bertz CT molecular complexity index is 647. The summed E-state index contributed by atoms with van der Waals surface area (Å²) >= 11 is 0. The lowest BCUT2D eigenvalue weighted by Crippen LogP contribution is -2.71. The van der Waals surface area contributed by atoms with Crippen LogP contribution in [0, 0.1) is 5.92 Å². The fraction of sp³-hybridized carbons (Fsp3) is 0.588. The molecule has 3 saturated heterocycles. The number of amides is 1. The molecule has 0 radical (unpaired) electrons. The molecule has 0 spiro atoms. The maximum Gasteiger partial charge on any atom is 0.243 e. The predicted molar refractivity (Wildman–Crippen MR) is 82.8 cm³/mol. The second-order valence-corrected chi connectivity index (χ2v) is 6.93. The Hall–Kier alpha value is -1.75. The second kappa shape index (κ2) is 4.38. The molecule has 1 N–H and O–H groups in total. The lowest BCUT2D eigenvalue weighted by Gasteiger charge is -2.54. The standard InChI is InChI=1S/C17H21N3O2/c1-22-10-4-5-14-13(9-10)11-6-8-19-7-2-3-12-15(19)16(11)20(14)18-17(12)21/h4-5,9,11-12,15-16H,2-3,6-8H2,1H3,(H,18,21). The van der Waals surface area contributed by atoms with Crippen molar-refractivity contribution in [1.82, 2.24) is 10.3 Å². The van der Waals surface area contributed by atoms with Crippen LogP contribution >= 0.6 is 0 Å². The number of carbonyl (C=O) groups is 1. The molecule has 5 heteroatoms. The van der Waals surface area contributed by atoms with Crippen molar-refractivity contribution < 1.29 is 9.53 Å². The number of methoxy groups -OCH3 is 1. The Labute approximate surface area is 130 Å². The molecular weight excluding hydrogens is 278 g/mol. The van der Waals surface area contributed by atoms with Crippen LogP contribution in [0.2, 0.25) is 0 Å². The zero-order valence-corrected chi connectivity index (χ0v) is 12.8. The summed E-state index contributed by atoms with van der Waals surface area (Å²) in [6.07, 6.45) is 3.34. The third kappa shape index (κ3) is 1.50. The van der Waals surface area contributed by atoms with Gasteiger partial charge in [0.05, 0.1) is 24.8 Å². The zero-order valence-electron chi connectivity index (χ0n) is 12.8. The highest BCUT2D eigenvalue weighted by molar-refractivity contribution is 5.85. The molecule has 4 atom stereocenters. The number of ether oxygens (including phenoxy) is 1. The molecular formula is C17H21N3O2. The first-order valence-corrected chi connectivity index (χ1v) is 8.29. The van der Waals surface area contributed by atoms with Crippen LogP contribution in [-0.4, -0.2) is 43.1 Å². The molecule has 1 aromatic rings. The lowest BCUT2D eigenvalue weighted by molar-refractivity contribution is -0.134. The maximum atomic E-state index is 12.6. The van der Waals surface area contributed by atoms with Gasteiger partial charge in [0.25, 0.3) is 0 Å². The number of hydrazine groups is 1. The molecule has 0 aromatic heterocycles. The third-order valence-electron chi connectivity index (χ3n) is 6.04. The van der Waals surface area contributed by atoms with Gasteiger partial charge in [-0.3, -0.25) is 20.1 Å². The number of nitrogens with zero attached hydrogens (tertiary/aromatic N) is 2. The molecule has 3 fully saturated rings. The third-order valence-corrected chi connectivity index (χ3v) is 6.04. The van der Waals surface area contributed by atoms with Crippen molar-refractivity contribution in [2.45, 2.75) is 37.3 Å². The molecule has 116 valence electrons. The Morgan fingerprint density at radius 2 is 2.09 bits per heavy atom. The smallest absolute Gasteiger partial charge is 0.243 e. The average Bonchev–Trinajstić information content (AvgIpc) is 2.88. The van der Waals surface area contributed by atoms with E-state index in [1.165, 1.54) is 12.0 Å². The molecule has 4 aliphatic rings. The quantitative estimate of drug-likeness (QED) is 0.853. The van der Waals surface area contributed by atoms with Gasteiger partial charge in [-0.25, -0.2) is 0 Å². The average molecular weight is 299 g/mol. The van der Waals surface area contributed by atoms with Gasteiger partial charge in [-0.2, -0.15) is 0 Å². The van der Waals surface area contributed by atoms with Crippen LogP contribution in [0.4, 0.5) is 5.69 Å². The highest BCUT2D eigenvalue weighted by Gasteiger charge is 2.56. The summed E-state index contributed by atoms with van der Waals surface area (Å²) in [5, 5.41) is 2.15. The topological polar surface area (TPSA) is 44.8 Å². The van der Waals surface area contributed by atoms with Gasteiger partial charge >= 0.3 is 0 Å². The molecule has 0 aliphatic carbocycles. The minimum atomic E-state index is 0.161. The molecule has 1 amide bonds. The van der Waals surface area contributed by atoms with Crippen LogP contribution in [-0.2, 0) is 4.79 Å². The summed E-state index contributed by atoms with van der Waals surface area (Å²) in [7, 11) is 1.71. The molecule has 5 nitrogen and oxygen atoms in total. The Balaban J connectivity index is 1.63. The van der Waals surface area contributed by atoms with E-state index < -0.39 is 0 Å². The SMILES string of the molecule is COc1ccc2c(c1)C1CCN3CCCC4C(=O)NN2C1C43. The van der Waals surface area contributed by atoms with Crippen molar-refractivity contribution in [3.05, 3.63) is 23.8 Å². The highest BCUT2D eigenvalue weighted by Crippen LogP contribution is 2.51. The van der Waals surface area contributed by atoms with E-state index in [0.29, 0.717) is 18.0 Å². The van der Waals surface area contributed by atoms with E-state index in [1.54, 1.807) is 7.11 Å². The van der Waals surface area contributed by atoms with Gasteiger partial charge in [0.2, 0.25) is 5.91 Å². The number of benzene rings is 1. The van der Waals surface area contributed by atoms with E-state index >= 15 is 0 Å². The highest BCUT2D eigenvalue weighted by atomic mass is 16.5. The Morgan fingerprint density at radius 3 is 2.95 bits per heavy atom. The van der Waals surface area contributed by atoms with Crippen molar-refractivity contribution in [2.24, 2.45) is 5.92 Å². The number of hydrogen-bond acceptors (Lipinski definition) is 4. The molecule has 0 saturated carbocycles. The van der Waals surface area contributed by atoms with E-state index in [1.807, 2.05) is 6.07 Å². The molecule has 22 heavy (non-hydrogen) atoms. The molecule has 0 bridgehead atoms. The van der Waals surface area contributed by atoms with Crippen LogP contribution in [0.3, 0.4) is 0 Å². The number of nitrogens with one attached hydrogen (secondary N) is 1. The lowest BCUT2D eigenvalue weighted by atomic mass is 9.74. The molecule has 4 heterocycles. The van der Waals surface area contributed by atoms with Gasteiger partial charge in [0.15, 0.2) is 0 Å². The largest absolute Gasteiger partial charge is 0.497 e. The first kappa shape index (κ1) is 12.8. The van der Waals surface area contributed by atoms with Gasteiger partial charge in [-0.15, -0.1) is 0 Å². The van der Waals surface area contributed by atoms with Crippen LogP contribution in [0.5, 0.6) is 5.75 Å². The predicted octanol–water partition coefficient (Wildman–Crippen LogP) is 1.50. The number of fused-ring (bicyclic) bond motifs is 3. The molecule has 4 aliphatic heterocycles. The van der Waals surface area contributed by atoms with Crippen molar-refractivity contribution in [3.63, 3.8) is 0 Å². The number of hydrogen-bond donors (Lipinski definition) is 1. The Morgan fingerprint density at radius 1 is 1.18 bits per heavy atom. The van der Waals surface area contributed by atoms with Crippen LogP contribution < -0.4 is 15.2 Å². The van der Waals surface area contributed by atoms with E-state index in [2.05, 4.69) is 27.5 Å². The first-order valence-electron chi connectivity index (χ1n) is 8.29. The number of anilines is 1. The molecule has 4 unspecified atom stereocenters. The summed E-state index contributed by atoms with van der Waals surface area (Å²) in [5.41, 5.74) is 5.69. The zero-order chi connectivity index (χ0) is 14.8. The van der Waals surface area contributed by atoms with E-state index in [4.69, 9.17) is 4.74 Å². The number of piperidine rings is 2. The van der Waals surface area contributed by atoms with Gasteiger partial charge in [0.1, 0.15) is 5.75 Å². The van der Waals surface area contributed by atoms with Crippen LogP contribution in [0.15, 0.2) is 18.2 Å². The van der Waals surface area contributed by atoms with E-state index in [-0.39, 0.29) is 11.8 Å². The summed E-state index contributed by atoms with van der Waals surface area (Å²) in [6, 6.07) is 7.02. The van der Waals surface area contributed by atoms with Gasteiger partial charge in [0, 0.05) is 12.0 Å². The van der Waals surface area contributed by atoms with Crippen LogP contribution in [0.1, 0.15) is 30.7 Å².